The van der Waals surface area contributed by atoms with E-state index in [0.717, 1.165) is 10.6 Å². The molecule has 106 valence electrons. The van der Waals surface area contributed by atoms with Crippen molar-refractivity contribution in [3.8, 4) is 0 Å². The highest BCUT2D eigenvalue weighted by Crippen LogP contribution is 2.20. The monoisotopic (exact) mass is 291 g/mol. The van der Waals surface area contributed by atoms with E-state index in [2.05, 4.69) is 4.98 Å². The molecular weight excluding hydrogens is 274 g/mol. The van der Waals surface area contributed by atoms with Crippen molar-refractivity contribution >= 4 is 17.3 Å². The highest BCUT2D eigenvalue weighted by Gasteiger charge is 2.17. The molecular formula is C15H17NO3S. The zero-order valence-electron chi connectivity index (χ0n) is 11.6. The number of thiazole rings is 1. The van der Waals surface area contributed by atoms with Crippen LogP contribution in [0, 0.1) is 6.92 Å². The summed E-state index contributed by atoms with van der Waals surface area (Å²) in [6.07, 6.45) is 0. The molecule has 0 atom stereocenters. The highest BCUT2D eigenvalue weighted by molar-refractivity contribution is 7.13. The van der Waals surface area contributed by atoms with Crippen LogP contribution in [0.4, 0.5) is 0 Å². The van der Waals surface area contributed by atoms with Crippen LogP contribution in [0.2, 0.25) is 0 Å². The number of hydrogen-bond donors (Lipinski definition) is 0. The molecule has 0 N–H and O–H groups in total. The molecule has 2 aromatic rings. The van der Waals surface area contributed by atoms with Gasteiger partial charge in [-0.05, 0) is 19.4 Å². The van der Waals surface area contributed by atoms with Crippen LogP contribution in [-0.4, -0.2) is 17.6 Å². The van der Waals surface area contributed by atoms with Gasteiger partial charge >= 0.3 is 5.97 Å². The molecule has 0 aliphatic heterocycles. The van der Waals surface area contributed by atoms with Gasteiger partial charge in [0.05, 0.1) is 30.5 Å². The Balaban J connectivity index is 1.97. The number of carbonyl (C=O) groups is 1. The minimum Gasteiger partial charge on any atom is -0.462 e. The second-order valence-corrected chi connectivity index (χ2v) is 5.41. The fourth-order valence-electron chi connectivity index (χ4n) is 1.76. The summed E-state index contributed by atoms with van der Waals surface area (Å²) in [7, 11) is 0. The lowest BCUT2D eigenvalue weighted by atomic mass is 10.2. The van der Waals surface area contributed by atoms with Gasteiger partial charge in [0.15, 0.2) is 0 Å². The molecule has 0 radical (unpaired) electrons. The third-order valence-corrected chi connectivity index (χ3v) is 3.61. The van der Waals surface area contributed by atoms with Gasteiger partial charge in [0.2, 0.25) is 0 Å². The van der Waals surface area contributed by atoms with E-state index in [1.807, 2.05) is 37.3 Å². The largest absolute Gasteiger partial charge is 0.462 e. The third kappa shape index (κ3) is 3.88. The predicted molar refractivity (Wildman–Crippen MR) is 77.7 cm³/mol. The molecule has 0 saturated carbocycles. The zero-order valence-corrected chi connectivity index (χ0v) is 12.4. The normalized spacial score (nSPS) is 10.5. The predicted octanol–water partition coefficient (Wildman–Crippen LogP) is 3.35. The number of hydrogen-bond acceptors (Lipinski definition) is 5. The van der Waals surface area contributed by atoms with Gasteiger partial charge in [0.1, 0.15) is 4.88 Å². The standard InChI is InChI=1S/C15H17NO3S/c1-3-19-15(17)14-13(16-11(2)20-14)10-18-9-12-7-5-4-6-8-12/h4-8H,3,9-10H2,1-2H3. The summed E-state index contributed by atoms with van der Waals surface area (Å²) in [5.41, 5.74) is 1.75. The summed E-state index contributed by atoms with van der Waals surface area (Å²) in [5.74, 6) is -0.323. The molecule has 5 heteroatoms. The van der Waals surface area contributed by atoms with Crippen molar-refractivity contribution < 1.29 is 14.3 Å². The summed E-state index contributed by atoms with van der Waals surface area (Å²) in [4.78, 5) is 16.7. The van der Waals surface area contributed by atoms with Crippen molar-refractivity contribution in [2.45, 2.75) is 27.1 Å². The van der Waals surface area contributed by atoms with Crippen molar-refractivity contribution in [2.75, 3.05) is 6.61 Å². The number of carbonyl (C=O) groups excluding carboxylic acids is 1. The zero-order chi connectivity index (χ0) is 14.4. The van der Waals surface area contributed by atoms with Crippen LogP contribution in [-0.2, 0) is 22.7 Å². The Hall–Kier alpha value is -1.72. The van der Waals surface area contributed by atoms with E-state index < -0.39 is 0 Å². The summed E-state index contributed by atoms with van der Waals surface area (Å²) in [6.45, 7) is 4.83. The molecule has 0 unspecified atom stereocenters. The van der Waals surface area contributed by atoms with E-state index >= 15 is 0 Å². The quantitative estimate of drug-likeness (QED) is 0.766. The highest BCUT2D eigenvalue weighted by atomic mass is 32.1. The Labute approximate surface area is 122 Å². The average Bonchev–Trinajstić information content (AvgIpc) is 2.81. The topological polar surface area (TPSA) is 48.4 Å². The lowest BCUT2D eigenvalue weighted by molar-refractivity contribution is 0.0522. The van der Waals surface area contributed by atoms with Crippen LogP contribution >= 0.6 is 11.3 Å². The number of nitrogens with zero attached hydrogens (tertiary/aromatic N) is 1. The van der Waals surface area contributed by atoms with Gasteiger partial charge in [0, 0.05) is 0 Å². The van der Waals surface area contributed by atoms with E-state index in [1.54, 1.807) is 6.92 Å². The van der Waals surface area contributed by atoms with Crippen molar-refractivity contribution in [3.05, 3.63) is 51.5 Å². The van der Waals surface area contributed by atoms with Gasteiger partial charge in [-0.2, -0.15) is 0 Å². The Kier molecular flexibility index (Phi) is 5.26. The van der Waals surface area contributed by atoms with Gasteiger partial charge in [0.25, 0.3) is 0 Å². The second kappa shape index (κ2) is 7.17. The summed E-state index contributed by atoms with van der Waals surface area (Å²) in [6, 6.07) is 9.90. The van der Waals surface area contributed by atoms with Crippen LogP contribution in [0.15, 0.2) is 30.3 Å². The third-order valence-electron chi connectivity index (χ3n) is 2.62. The van der Waals surface area contributed by atoms with Crippen LogP contribution in [0.5, 0.6) is 0 Å². The van der Waals surface area contributed by atoms with Gasteiger partial charge in [-0.1, -0.05) is 30.3 Å². The Morgan fingerprint density at radius 1 is 1.25 bits per heavy atom. The minimum absolute atomic E-state index is 0.313. The van der Waals surface area contributed by atoms with Gasteiger partial charge in [-0.15, -0.1) is 11.3 Å². The smallest absolute Gasteiger partial charge is 0.350 e. The minimum atomic E-state index is -0.323. The first kappa shape index (κ1) is 14.7. The molecule has 0 saturated heterocycles. The molecule has 4 nitrogen and oxygen atoms in total. The summed E-state index contributed by atoms with van der Waals surface area (Å²) >= 11 is 1.34. The maximum absolute atomic E-state index is 11.8. The van der Waals surface area contributed by atoms with Crippen molar-refractivity contribution in [1.82, 2.24) is 4.98 Å². The fourth-order valence-corrected chi connectivity index (χ4v) is 2.58. The molecule has 0 bridgehead atoms. The SMILES string of the molecule is CCOC(=O)c1sc(C)nc1COCc1ccccc1. The number of rotatable bonds is 6. The molecule has 2 rings (SSSR count). The van der Waals surface area contributed by atoms with Crippen LogP contribution in [0.1, 0.15) is 32.9 Å². The van der Waals surface area contributed by atoms with Gasteiger partial charge < -0.3 is 9.47 Å². The number of esters is 1. The van der Waals surface area contributed by atoms with Crippen molar-refractivity contribution in [2.24, 2.45) is 0 Å². The molecule has 0 spiro atoms. The first-order chi connectivity index (χ1) is 9.70. The van der Waals surface area contributed by atoms with Crippen LogP contribution in [0.25, 0.3) is 0 Å². The van der Waals surface area contributed by atoms with Crippen molar-refractivity contribution in [1.29, 1.82) is 0 Å². The molecule has 1 heterocycles. The van der Waals surface area contributed by atoms with Gasteiger partial charge in [-0.25, -0.2) is 9.78 Å². The first-order valence-corrected chi connectivity index (χ1v) is 7.27. The number of aromatic nitrogens is 1. The second-order valence-electron chi connectivity index (χ2n) is 4.21. The maximum Gasteiger partial charge on any atom is 0.350 e. The van der Waals surface area contributed by atoms with E-state index in [-0.39, 0.29) is 5.97 Å². The summed E-state index contributed by atoms with van der Waals surface area (Å²) < 4.78 is 10.6. The average molecular weight is 291 g/mol. The molecule has 1 aromatic heterocycles. The van der Waals surface area contributed by atoms with Crippen molar-refractivity contribution in [3.63, 3.8) is 0 Å². The molecule has 0 fully saturated rings. The molecule has 20 heavy (non-hydrogen) atoms. The maximum atomic E-state index is 11.8. The van der Waals surface area contributed by atoms with E-state index in [1.165, 1.54) is 11.3 Å². The van der Waals surface area contributed by atoms with Crippen LogP contribution in [0.3, 0.4) is 0 Å². The fraction of sp³-hybridized carbons (Fsp3) is 0.333. The molecule has 0 amide bonds. The number of ether oxygens (including phenoxy) is 2. The Bertz CT molecular complexity index is 566. The van der Waals surface area contributed by atoms with Gasteiger partial charge in [-0.3, -0.25) is 0 Å². The number of aryl methyl sites for hydroxylation is 1. The molecule has 0 aliphatic rings. The molecule has 0 aliphatic carbocycles. The van der Waals surface area contributed by atoms with E-state index in [9.17, 15) is 4.79 Å². The lowest BCUT2D eigenvalue weighted by Crippen LogP contribution is -2.06. The number of benzene rings is 1. The summed E-state index contributed by atoms with van der Waals surface area (Å²) in [5, 5.41) is 0.839. The Morgan fingerprint density at radius 3 is 2.70 bits per heavy atom. The van der Waals surface area contributed by atoms with Crippen LogP contribution < -0.4 is 0 Å². The molecule has 1 aromatic carbocycles. The lowest BCUT2D eigenvalue weighted by Gasteiger charge is -2.04. The van der Waals surface area contributed by atoms with E-state index in [0.29, 0.717) is 30.4 Å². The Morgan fingerprint density at radius 2 is 2.00 bits per heavy atom. The first-order valence-electron chi connectivity index (χ1n) is 6.45. The van der Waals surface area contributed by atoms with E-state index in [4.69, 9.17) is 9.47 Å².